The smallest absolute Gasteiger partial charge is 0.317 e. The molecular weight excluding hydrogens is 395 g/mol. The molecule has 0 radical (unpaired) electrons. The molecule has 8 heteroatoms. The minimum atomic E-state index is -0.390. The fraction of sp³-hybridized carbons (Fsp3) is 0.333. The highest BCUT2D eigenvalue weighted by atomic mass is 35.5. The van der Waals surface area contributed by atoms with Crippen molar-refractivity contribution in [2.45, 2.75) is 12.5 Å². The number of hydrogen-bond acceptors (Lipinski definition) is 3. The quantitative estimate of drug-likeness (QED) is 0.836. The highest BCUT2D eigenvalue weighted by Crippen LogP contribution is 2.26. The van der Waals surface area contributed by atoms with Crippen molar-refractivity contribution in [2.75, 3.05) is 42.5 Å². The molecule has 6 nitrogen and oxygen atoms in total. The third kappa shape index (κ3) is 4.29. The van der Waals surface area contributed by atoms with Crippen LogP contribution in [0.15, 0.2) is 48.5 Å². The fourth-order valence-electron chi connectivity index (χ4n) is 3.82. The van der Waals surface area contributed by atoms with Crippen LogP contribution in [-0.4, -0.2) is 55.6 Å². The lowest BCUT2D eigenvalue weighted by Gasteiger charge is -2.36. The molecule has 2 aliphatic heterocycles. The maximum Gasteiger partial charge on any atom is 0.317 e. The van der Waals surface area contributed by atoms with Crippen LogP contribution in [-0.2, 0) is 4.79 Å². The molecule has 3 amide bonds. The highest BCUT2D eigenvalue weighted by Gasteiger charge is 2.33. The molecule has 2 aliphatic rings. The first-order valence-electron chi connectivity index (χ1n) is 9.62. The summed E-state index contributed by atoms with van der Waals surface area (Å²) in [6.07, 6.45) is 0.210. The predicted octanol–water partition coefficient (Wildman–Crippen LogP) is 3.12. The summed E-state index contributed by atoms with van der Waals surface area (Å²) in [5.74, 6) is -0.511. The van der Waals surface area contributed by atoms with E-state index in [4.69, 9.17) is 11.6 Å². The van der Waals surface area contributed by atoms with Crippen LogP contribution in [0.1, 0.15) is 6.42 Å². The van der Waals surface area contributed by atoms with Crippen molar-refractivity contribution in [3.63, 3.8) is 0 Å². The van der Waals surface area contributed by atoms with Crippen molar-refractivity contribution in [1.82, 2.24) is 10.2 Å². The number of benzene rings is 2. The van der Waals surface area contributed by atoms with E-state index in [1.54, 1.807) is 17.0 Å². The van der Waals surface area contributed by atoms with E-state index in [1.807, 2.05) is 24.3 Å². The SMILES string of the molecule is O=C(N[C@H]1CC(=O)N(c2cccc(F)c2)C1)N1CCN(c2ccccc2Cl)CC1. The molecular formula is C21H22ClFN4O2. The standard InChI is InChI=1S/C21H22ClFN4O2/c22-18-6-1-2-7-19(18)25-8-10-26(11-9-25)21(29)24-16-13-20(28)27(14-16)17-5-3-4-15(23)12-17/h1-7,12,16H,8-11,13-14H2,(H,24,29)/t16-/m0/s1. The van der Waals surface area contributed by atoms with Crippen molar-refractivity contribution in [3.05, 3.63) is 59.4 Å². The van der Waals surface area contributed by atoms with Crippen LogP contribution in [0.4, 0.5) is 20.6 Å². The second-order valence-electron chi connectivity index (χ2n) is 7.26. The molecule has 2 aromatic rings. The van der Waals surface area contributed by atoms with E-state index in [0.717, 1.165) is 5.69 Å². The Hall–Kier alpha value is -2.80. The van der Waals surface area contributed by atoms with Gasteiger partial charge in [0.15, 0.2) is 0 Å². The van der Waals surface area contributed by atoms with E-state index >= 15 is 0 Å². The van der Waals surface area contributed by atoms with E-state index in [1.165, 1.54) is 17.0 Å². The van der Waals surface area contributed by atoms with Crippen LogP contribution in [0, 0.1) is 5.82 Å². The molecule has 0 aliphatic carbocycles. The number of halogens is 2. The van der Waals surface area contributed by atoms with Crippen LogP contribution >= 0.6 is 11.6 Å². The Morgan fingerprint density at radius 3 is 2.55 bits per heavy atom. The highest BCUT2D eigenvalue weighted by molar-refractivity contribution is 6.33. The summed E-state index contributed by atoms with van der Waals surface area (Å²) in [6, 6.07) is 13.1. The van der Waals surface area contributed by atoms with Crippen LogP contribution in [0.25, 0.3) is 0 Å². The molecule has 4 rings (SSSR count). The van der Waals surface area contributed by atoms with E-state index in [-0.39, 0.29) is 30.2 Å². The Bertz CT molecular complexity index is 917. The summed E-state index contributed by atoms with van der Waals surface area (Å²) in [5, 5.41) is 3.65. The van der Waals surface area contributed by atoms with Gasteiger partial charge in [0.2, 0.25) is 5.91 Å². The average Bonchev–Trinajstić information content (AvgIpc) is 3.08. The zero-order valence-corrected chi connectivity index (χ0v) is 16.6. The normalized spacial score (nSPS) is 19.6. The molecule has 2 fully saturated rings. The zero-order valence-electron chi connectivity index (χ0n) is 15.9. The molecule has 2 aromatic carbocycles. The Balaban J connectivity index is 1.31. The van der Waals surface area contributed by atoms with Crippen molar-refractivity contribution in [1.29, 1.82) is 0 Å². The topological polar surface area (TPSA) is 55.9 Å². The molecule has 2 saturated heterocycles. The van der Waals surface area contributed by atoms with E-state index in [9.17, 15) is 14.0 Å². The second-order valence-corrected chi connectivity index (χ2v) is 7.67. The Morgan fingerprint density at radius 1 is 1.07 bits per heavy atom. The molecule has 0 aromatic heterocycles. The molecule has 152 valence electrons. The molecule has 1 atom stereocenters. The maximum absolute atomic E-state index is 13.5. The summed E-state index contributed by atoms with van der Waals surface area (Å²) in [6.45, 7) is 2.87. The Kier molecular flexibility index (Phi) is 5.58. The number of hydrogen-bond donors (Lipinski definition) is 1. The number of nitrogens with one attached hydrogen (secondary N) is 1. The van der Waals surface area contributed by atoms with E-state index < -0.39 is 0 Å². The van der Waals surface area contributed by atoms with E-state index in [0.29, 0.717) is 43.4 Å². The number of amides is 3. The lowest BCUT2D eigenvalue weighted by Crippen LogP contribution is -2.54. The molecule has 1 N–H and O–H groups in total. The first-order valence-corrected chi connectivity index (χ1v) is 10.00. The monoisotopic (exact) mass is 416 g/mol. The number of carbonyl (C=O) groups is 2. The maximum atomic E-state index is 13.5. The minimum Gasteiger partial charge on any atom is -0.367 e. The molecule has 0 bridgehead atoms. The zero-order chi connectivity index (χ0) is 20.4. The third-order valence-corrected chi connectivity index (χ3v) is 5.65. The van der Waals surface area contributed by atoms with E-state index in [2.05, 4.69) is 10.2 Å². The van der Waals surface area contributed by atoms with Gasteiger partial charge in [-0.25, -0.2) is 9.18 Å². The second kappa shape index (κ2) is 8.29. The van der Waals surface area contributed by atoms with Gasteiger partial charge in [-0.3, -0.25) is 4.79 Å². The van der Waals surface area contributed by atoms with Gasteiger partial charge in [-0.15, -0.1) is 0 Å². The minimum absolute atomic E-state index is 0.121. The summed E-state index contributed by atoms with van der Waals surface area (Å²) in [5.41, 5.74) is 1.49. The molecule has 2 heterocycles. The Morgan fingerprint density at radius 2 is 1.83 bits per heavy atom. The molecule has 0 unspecified atom stereocenters. The van der Waals surface area contributed by atoms with Crippen molar-refractivity contribution in [2.24, 2.45) is 0 Å². The van der Waals surface area contributed by atoms with Crippen LogP contribution in [0.5, 0.6) is 0 Å². The fourth-order valence-corrected chi connectivity index (χ4v) is 4.08. The van der Waals surface area contributed by atoms with Gasteiger partial charge in [0.25, 0.3) is 0 Å². The predicted molar refractivity (Wildman–Crippen MR) is 111 cm³/mol. The van der Waals surface area contributed by atoms with Gasteiger partial charge in [0, 0.05) is 44.8 Å². The van der Waals surface area contributed by atoms with Gasteiger partial charge in [0.05, 0.1) is 16.8 Å². The van der Waals surface area contributed by atoms with Gasteiger partial charge >= 0.3 is 6.03 Å². The average molecular weight is 417 g/mol. The number of anilines is 2. The number of rotatable bonds is 3. The van der Waals surface area contributed by atoms with Gasteiger partial charge in [-0.2, -0.15) is 0 Å². The Labute approximate surface area is 173 Å². The molecule has 0 saturated carbocycles. The van der Waals surface area contributed by atoms with Crippen molar-refractivity contribution < 1.29 is 14.0 Å². The molecule has 29 heavy (non-hydrogen) atoms. The third-order valence-electron chi connectivity index (χ3n) is 5.33. The first kappa shape index (κ1) is 19.5. The lowest BCUT2D eigenvalue weighted by atomic mass is 10.2. The summed E-state index contributed by atoms with van der Waals surface area (Å²) in [7, 11) is 0. The number of nitrogens with zero attached hydrogens (tertiary/aromatic N) is 3. The van der Waals surface area contributed by atoms with Gasteiger partial charge in [-0.05, 0) is 30.3 Å². The van der Waals surface area contributed by atoms with Crippen LogP contribution in [0.2, 0.25) is 5.02 Å². The molecule has 0 spiro atoms. The van der Waals surface area contributed by atoms with Gasteiger partial charge in [0.1, 0.15) is 5.82 Å². The number of para-hydroxylation sites is 1. The number of carbonyl (C=O) groups excluding carboxylic acids is 2. The van der Waals surface area contributed by atoms with Gasteiger partial charge in [-0.1, -0.05) is 29.8 Å². The summed E-state index contributed by atoms with van der Waals surface area (Å²) in [4.78, 5) is 30.4. The summed E-state index contributed by atoms with van der Waals surface area (Å²) >= 11 is 6.26. The van der Waals surface area contributed by atoms with Crippen molar-refractivity contribution in [3.8, 4) is 0 Å². The van der Waals surface area contributed by atoms with Crippen LogP contribution in [0.3, 0.4) is 0 Å². The van der Waals surface area contributed by atoms with Crippen LogP contribution < -0.4 is 15.1 Å². The lowest BCUT2D eigenvalue weighted by molar-refractivity contribution is -0.117. The van der Waals surface area contributed by atoms with Gasteiger partial charge < -0.3 is 20.0 Å². The summed E-state index contributed by atoms with van der Waals surface area (Å²) < 4.78 is 13.5. The number of urea groups is 1. The number of piperazine rings is 1. The first-order chi connectivity index (χ1) is 14.0. The largest absolute Gasteiger partial charge is 0.367 e. The van der Waals surface area contributed by atoms with Crippen molar-refractivity contribution >= 4 is 34.9 Å².